The number of nitrogens with two attached hydrogens (primary N) is 1. The number of carboxylic acid groups (broad SMARTS) is 1. The molecule has 204 valence electrons. The van der Waals surface area contributed by atoms with Gasteiger partial charge in [0.1, 0.15) is 5.82 Å². The number of ether oxygens (including phenoxy) is 1. The fourth-order valence-corrected chi connectivity index (χ4v) is 5.72. The highest BCUT2D eigenvalue weighted by Gasteiger charge is 2.40. The lowest BCUT2D eigenvalue weighted by Crippen LogP contribution is -2.32. The maximum Gasteiger partial charge on any atom is 0.310 e. The zero-order valence-electron chi connectivity index (χ0n) is 23.4. The number of aromatic nitrogens is 2. The number of carbonyl (C=O) groups is 1. The van der Waals surface area contributed by atoms with E-state index in [0.29, 0.717) is 18.2 Å². The fourth-order valence-electron chi connectivity index (χ4n) is 5.72. The lowest BCUT2D eigenvalue weighted by Gasteiger charge is -2.33. The van der Waals surface area contributed by atoms with Crippen LogP contribution in [0.25, 0.3) is 0 Å². The normalized spacial score (nSPS) is 17.1. The van der Waals surface area contributed by atoms with Crippen LogP contribution in [-0.4, -0.2) is 40.9 Å². The van der Waals surface area contributed by atoms with Gasteiger partial charge in [0.2, 0.25) is 0 Å². The summed E-state index contributed by atoms with van der Waals surface area (Å²) >= 11 is 0. The summed E-state index contributed by atoms with van der Waals surface area (Å²) in [6.45, 7) is 10.1. The standard InChI is InChI=1S/C31H42N4O3/c1-20-8-9-23(28(31(3,4)30(36)37)25-10-11-26(33-5)29(32)21(25)2)18-24(20)19-35-14-13-34-27(35)17-22-7-6-15-38-16-12-22/h8-11,13-14,18,22,28,33H,6-7,12,15-17,19,32H2,1-5H3,(H,36,37). The van der Waals surface area contributed by atoms with Crippen molar-refractivity contribution in [3.05, 3.63) is 76.4 Å². The molecule has 7 nitrogen and oxygen atoms in total. The van der Waals surface area contributed by atoms with E-state index in [0.717, 1.165) is 66.2 Å². The molecule has 1 aliphatic heterocycles. The van der Waals surface area contributed by atoms with Crippen molar-refractivity contribution in [1.82, 2.24) is 9.55 Å². The van der Waals surface area contributed by atoms with Crippen LogP contribution in [-0.2, 0) is 22.5 Å². The van der Waals surface area contributed by atoms with Crippen molar-refractivity contribution in [1.29, 1.82) is 0 Å². The molecule has 2 aromatic carbocycles. The van der Waals surface area contributed by atoms with Gasteiger partial charge < -0.3 is 25.5 Å². The Hall–Kier alpha value is -3.32. The number of imidazole rings is 1. The number of anilines is 2. The Labute approximate surface area is 226 Å². The van der Waals surface area contributed by atoms with Crippen LogP contribution in [0.1, 0.15) is 72.7 Å². The highest BCUT2D eigenvalue weighted by atomic mass is 16.5. The first kappa shape index (κ1) is 27.7. The largest absolute Gasteiger partial charge is 0.481 e. The van der Waals surface area contributed by atoms with Gasteiger partial charge >= 0.3 is 5.97 Å². The summed E-state index contributed by atoms with van der Waals surface area (Å²) in [6, 6.07) is 10.3. The Balaban J connectivity index is 1.71. The molecule has 4 rings (SSSR count). The summed E-state index contributed by atoms with van der Waals surface area (Å²) in [5.41, 5.74) is 12.0. The average Bonchev–Trinajstić information content (AvgIpc) is 3.14. The minimum Gasteiger partial charge on any atom is -0.481 e. The van der Waals surface area contributed by atoms with Crippen molar-refractivity contribution in [3.8, 4) is 0 Å². The van der Waals surface area contributed by atoms with Gasteiger partial charge in [0.05, 0.1) is 16.8 Å². The van der Waals surface area contributed by atoms with Crippen LogP contribution >= 0.6 is 0 Å². The molecule has 2 atom stereocenters. The first-order valence-electron chi connectivity index (χ1n) is 13.6. The molecule has 38 heavy (non-hydrogen) atoms. The highest BCUT2D eigenvalue weighted by molar-refractivity contribution is 5.78. The second-order valence-corrected chi connectivity index (χ2v) is 11.2. The molecular formula is C31H42N4O3. The Bertz CT molecular complexity index is 1270. The molecular weight excluding hydrogens is 476 g/mol. The van der Waals surface area contributed by atoms with Gasteiger partial charge in [-0.3, -0.25) is 4.79 Å². The third-order valence-electron chi connectivity index (χ3n) is 8.30. The molecule has 0 amide bonds. The smallest absolute Gasteiger partial charge is 0.310 e. The Morgan fingerprint density at radius 3 is 2.76 bits per heavy atom. The third kappa shape index (κ3) is 5.73. The molecule has 0 bridgehead atoms. The van der Waals surface area contributed by atoms with Crippen LogP contribution < -0.4 is 11.1 Å². The Kier molecular flexibility index (Phi) is 8.46. The van der Waals surface area contributed by atoms with E-state index in [4.69, 9.17) is 15.5 Å². The number of benzene rings is 2. The van der Waals surface area contributed by atoms with Gasteiger partial charge in [-0.05, 0) is 86.8 Å². The number of hydrogen-bond donors (Lipinski definition) is 3. The number of rotatable bonds is 9. The van der Waals surface area contributed by atoms with Crippen molar-refractivity contribution < 1.29 is 14.6 Å². The van der Waals surface area contributed by atoms with Crippen LogP contribution in [0.2, 0.25) is 0 Å². The maximum atomic E-state index is 12.5. The van der Waals surface area contributed by atoms with Crippen molar-refractivity contribution in [2.75, 3.05) is 31.3 Å². The van der Waals surface area contributed by atoms with Crippen LogP contribution in [0.15, 0.2) is 42.7 Å². The van der Waals surface area contributed by atoms with E-state index in [1.807, 2.05) is 32.3 Å². The van der Waals surface area contributed by atoms with Crippen LogP contribution in [0.5, 0.6) is 0 Å². The van der Waals surface area contributed by atoms with Crippen molar-refractivity contribution in [2.45, 2.75) is 65.8 Å². The molecule has 4 N–H and O–H groups in total. The summed E-state index contributed by atoms with van der Waals surface area (Å²) in [7, 11) is 1.84. The van der Waals surface area contributed by atoms with E-state index in [-0.39, 0.29) is 5.92 Å². The average molecular weight is 519 g/mol. The van der Waals surface area contributed by atoms with Crippen molar-refractivity contribution in [2.24, 2.45) is 11.3 Å². The molecule has 1 aromatic heterocycles. The molecule has 7 heteroatoms. The second kappa shape index (κ2) is 11.6. The van der Waals surface area contributed by atoms with Gasteiger partial charge in [-0.1, -0.05) is 24.3 Å². The number of nitrogens with one attached hydrogen (secondary N) is 1. The van der Waals surface area contributed by atoms with E-state index < -0.39 is 11.4 Å². The van der Waals surface area contributed by atoms with Gasteiger partial charge in [-0.2, -0.15) is 0 Å². The zero-order chi connectivity index (χ0) is 27.4. The number of nitrogens with zero attached hydrogens (tertiary/aromatic N) is 2. The monoisotopic (exact) mass is 518 g/mol. The molecule has 2 unspecified atom stereocenters. The van der Waals surface area contributed by atoms with Crippen LogP contribution in [0.4, 0.5) is 11.4 Å². The lowest BCUT2D eigenvalue weighted by molar-refractivity contribution is -0.147. The summed E-state index contributed by atoms with van der Waals surface area (Å²) in [4.78, 5) is 17.2. The van der Waals surface area contributed by atoms with Gasteiger partial charge in [0.25, 0.3) is 0 Å². The first-order chi connectivity index (χ1) is 18.1. The number of hydrogen-bond acceptors (Lipinski definition) is 5. The third-order valence-corrected chi connectivity index (χ3v) is 8.30. The predicted octanol–water partition coefficient (Wildman–Crippen LogP) is 5.77. The number of aliphatic carboxylic acids is 1. The summed E-state index contributed by atoms with van der Waals surface area (Å²) < 4.78 is 7.89. The van der Waals surface area contributed by atoms with Gasteiger partial charge in [0.15, 0.2) is 0 Å². The minimum atomic E-state index is -1.05. The van der Waals surface area contributed by atoms with Crippen molar-refractivity contribution in [3.63, 3.8) is 0 Å². The van der Waals surface area contributed by atoms with Gasteiger partial charge in [-0.25, -0.2) is 4.98 Å². The Morgan fingerprint density at radius 2 is 2.03 bits per heavy atom. The number of aryl methyl sites for hydroxylation is 1. The molecule has 3 aromatic rings. The molecule has 0 radical (unpaired) electrons. The van der Waals surface area contributed by atoms with E-state index in [1.54, 1.807) is 13.8 Å². The molecule has 1 fully saturated rings. The minimum absolute atomic E-state index is 0.374. The highest BCUT2D eigenvalue weighted by Crippen LogP contribution is 2.45. The van der Waals surface area contributed by atoms with Crippen molar-refractivity contribution >= 4 is 17.3 Å². The van der Waals surface area contributed by atoms with E-state index in [2.05, 4.69) is 41.2 Å². The van der Waals surface area contributed by atoms with E-state index in [1.165, 1.54) is 12.0 Å². The first-order valence-corrected chi connectivity index (χ1v) is 13.6. The van der Waals surface area contributed by atoms with Crippen LogP contribution in [0, 0.1) is 25.2 Å². The summed E-state index contributed by atoms with van der Waals surface area (Å²) in [5, 5.41) is 13.4. The number of carboxylic acids is 1. The predicted molar refractivity (Wildman–Crippen MR) is 153 cm³/mol. The Morgan fingerprint density at radius 1 is 1.24 bits per heavy atom. The van der Waals surface area contributed by atoms with Gasteiger partial charge in [-0.15, -0.1) is 0 Å². The van der Waals surface area contributed by atoms with E-state index in [9.17, 15) is 9.90 Å². The molecule has 1 saturated heterocycles. The number of nitrogen functional groups attached to an aromatic ring is 1. The second-order valence-electron chi connectivity index (χ2n) is 11.2. The fraction of sp³-hybridized carbons (Fsp3) is 0.484. The molecule has 0 saturated carbocycles. The topological polar surface area (TPSA) is 102 Å². The molecule has 2 heterocycles. The lowest BCUT2D eigenvalue weighted by atomic mass is 9.69. The maximum absolute atomic E-state index is 12.5. The quantitative estimate of drug-likeness (QED) is 0.311. The molecule has 0 aliphatic carbocycles. The summed E-state index contributed by atoms with van der Waals surface area (Å²) in [5.74, 6) is 0.460. The zero-order valence-corrected chi connectivity index (χ0v) is 23.4. The summed E-state index contributed by atoms with van der Waals surface area (Å²) in [6.07, 6.45) is 8.22. The SMILES string of the molecule is CNc1ccc(C(c2ccc(C)c(Cn3ccnc3CC3CCCOCC3)c2)C(C)(C)C(=O)O)c(C)c1N. The molecule has 1 aliphatic rings. The van der Waals surface area contributed by atoms with E-state index >= 15 is 0 Å². The van der Waals surface area contributed by atoms with Gasteiger partial charge in [0, 0.05) is 51.5 Å². The van der Waals surface area contributed by atoms with Crippen LogP contribution in [0.3, 0.4) is 0 Å². The molecule has 0 spiro atoms.